The maximum absolute atomic E-state index is 12.6. The molecule has 204 valence electrons. The molecule has 2 aliphatic heterocycles. The van der Waals surface area contributed by atoms with Gasteiger partial charge < -0.3 is 10.1 Å². The van der Waals surface area contributed by atoms with Gasteiger partial charge in [0.15, 0.2) is 0 Å². The molecule has 0 bridgehead atoms. The monoisotopic (exact) mass is 553 g/mol. The molecule has 4 rings (SSSR count). The van der Waals surface area contributed by atoms with Crippen molar-refractivity contribution in [3.05, 3.63) is 59.7 Å². The second-order valence-electron chi connectivity index (χ2n) is 9.05. The second-order valence-corrected chi connectivity index (χ2v) is 9.67. The average Bonchev–Trinajstić information content (AvgIpc) is 3.46. The third-order valence-electron chi connectivity index (χ3n) is 6.60. The quantitative estimate of drug-likeness (QED) is 0.285. The van der Waals surface area contributed by atoms with Gasteiger partial charge in [0.05, 0.1) is 5.25 Å². The lowest BCUT2D eigenvalue weighted by Crippen LogP contribution is -2.33. The van der Waals surface area contributed by atoms with Crippen LogP contribution < -0.4 is 5.32 Å². The summed E-state index contributed by atoms with van der Waals surface area (Å²) in [6.07, 6.45) is 3.99. The van der Waals surface area contributed by atoms with Crippen molar-refractivity contribution in [2.24, 2.45) is 0 Å². The van der Waals surface area contributed by atoms with E-state index in [0.29, 0.717) is 10.8 Å². The zero-order chi connectivity index (χ0) is 28.3. The van der Waals surface area contributed by atoms with E-state index in [2.05, 4.69) is 24.5 Å². The number of fused-ring (bicyclic) bond motifs is 1. The van der Waals surface area contributed by atoms with Crippen molar-refractivity contribution in [3.63, 3.8) is 0 Å². The van der Waals surface area contributed by atoms with E-state index < -0.39 is 35.0 Å². The number of likely N-dealkylation sites (tertiary alicyclic amines) is 1. The van der Waals surface area contributed by atoms with Gasteiger partial charge in [-0.3, -0.25) is 33.7 Å². The van der Waals surface area contributed by atoms with E-state index in [9.17, 15) is 28.8 Å². The summed E-state index contributed by atoms with van der Waals surface area (Å²) in [4.78, 5) is 78.1. The first-order valence-electron chi connectivity index (χ1n) is 12.3. The first-order valence-corrected chi connectivity index (χ1v) is 12.8. The largest absolute Gasteiger partial charge is 0.533 e. The summed E-state index contributed by atoms with van der Waals surface area (Å²) in [5, 5.41) is 2.51. The Morgan fingerprint density at radius 2 is 1.87 bits per heavy atom. The molecule has 0 aromatic heterocycles. The number of carbonyl (C=O) groups excluding carboxylic acids is 6. The molecule has 2 atom stereocenters. The van der Waals surface area contributed by atoms with Crippen LogP contribution in [0.2, 0.25) is 0 Å². The lowest BCUT2D eigenvalue weighted by Gasteiger charge is -2.17. The number of rotatable bonds is 8. The Hall–Kier alpha value is -4.19. The van der Waals surface area contributed by atoms with E-state index in [-0.39, 0.29) is 50.6 Å². The van der Waals surface area contributed by atoms with E-state index in [1.807, 2.05) is 19.1 Å². The molecular formula is C27H27N3O8S. The molecule has 2 unspecified atom stereocenters. The minimum Gasteiger partial charge on any atom is -0.432 e. The Labute approximate surface area is 229 Å². The third kappa shape index (κ3) is 5.80. The van der Waals surface area contributed by atoms with Gasteiger partial charge in [-0.05, 0) is 41.3 Å². The summed E-state index contributed by atoms with van der Waals surface area (Å²) >= 11 is 4.08. The number of ether oxygens (including phenoxy) is 1. The Morgan fingerprint density at radius 1 is 1.15 bits per heavy atom. The molecular weight excluding hydrogens is 526 g/mol. The number of thiol groups is 1. The predicted molar refractivity (Wildman–Crippen MR) is 142 cm³/mol. The van der Waals surface area contributed by atoms with Gasteiger partial charge in [0.1, 0.15) is 6.61 Å². The van der Waals surface area contributed by atoms with Gasteiger partial charge in [-0.15, -0.1) is 0 Å². The van der Waals surface area contributed by atoms with E-state index in [1.165, 1.54) is 0 Å². The number of benzene rings is 1. The van der Waals surface area contributed by atoms with Gasteiger partial charge in [-0.1, -0.05) is 35.9 Å². The average molecular weight is 554 g/mol. The molecule has 39 heavy (non-hydrogen) atoms. The van der Waals surface area contributed by atoms with Crippen LogP contribution in [0.3, 0.4) is 0 Å². The second kappa shape index (κ2) is 11.7. The number of hydrogen-bond acceptors (Lipinski definition) is 9. The molecule has 1 aromatic rings. The van der Waals surface area contributed by atoms with Gasteiger partial charge in [-0.2, -0.15) is 12.6 Å². The maximum Gasteiger partial charge on any atom is 0.533 e. The molecule has 2 fully saturated rings. The number of anilines is 1. The molecule has 11 nitrogen and oxygen atoms in total. The summed E-state index contributed by atoms with van der Waals surface area (Å²) in [6, 6.07) is 5.31. The molecule has 3 aliphatic rings. The fourth-order valence-corrected chi connectivity index (χ4v) is 5.06. The van der Waals surface area contributed by atoms with Gasteiger partial charge in [0.2, 0.25) is 17.7 Å². The highest BCUT2D eigenvalue weighted by Gasteiger charge is 2.37. The number of nitrogens with one attached hydrogen (secondary N) is 1. The normalized spacial score (nSPS) is 22.6. The lowest BCUT2D eigenvalue weighted by molar-refractivity contribution is -0.177. The Kier molecular flexibility index (Phi) is 8.34. The Morgan fingerprint density at radius 3 is 2.49 bits per heavy atom. The molecule has 0 radical (unpaired) electrons. The topological polar surface area (TPSA) is 139 Å². The van der Waals surface area contributed by atoms with E-state index in [4.69, 9.17) is 9.57 Å². The van der Waals surface area contributed by atoms with Crippen molar-refractivity contribution < 1.29 is 38.3 Å². The van der Waals surface area contributed by atoms with Gasteiger partial charge in [-0.25, -0.2) is 4.79 Å². The Balaban J connectivity index is 1.47. The summed E-state index contributed by atoms with van der Waals surface area (Å²) in [5.41, 5.74) is 3.81. The standard InChI is InChI=1S/C27H27N3O8S/c1-3-5-17-16(4-2)18-7-6-15(28-22(31)10-11-29-25(34)13-21(39)26(29)35)12-19(18)20(17)14-37-27(36)38-30-23(32)8-9-24(30)33/h3-7,12,20-21,39H,1,8-11,13-14H2,2H3,(H,28,31)/b16-4+,17-5+. The van der Waals surface area contributed by atoms with Gasteiger partial charge in [0.25, 0.3) is 11.8 Å². The van der Waals surface area contributed by atoms with Crippen LogP contribution in [0.1, 0.15) is 49.7 Å². The van der Waals surface area contributed by atoms with Gasteiger partial charge >= 0.3 is 6.16 Å². The number of imide groups is 2. The van der Waals surface area contributed by atoms with Crippen LogP contribution in [0.25, 0.3) is 5.57 Å². The molecule has 2 saturated heterocycles. The lowest BCUT2D eigenvalue weighted by atomic mass is 9.97. The minimum absolute atomic E-state index is 0.0177. The van der Waals surface area contributed by atoms with Crippen LogP contribution in [0, 0.1) is 0 Å². The Bertz CT molecular complexity index is 1320. The highest BCUT2D eigenvalue weighted by atomic mass is 32.1. The molecule has 1 aromatic carbocycles. The van der Waals surface area contributed by atoms with Crippen molar-refractivity contribution in [1.82, 2.24) is 9.96 Å². The maximum atomic E-state index is 12.6. The number of amides is 5. The SMILES string of the molecule is C=C/C=C1\C(=C/C)c2ccc(NC(=O)CCN3C(=O)CC(S)C3=O)cc2C1COC(=O)ON1C(=O)CCC1=O. The summed E-state index contributed by atoms with van der Waals surface area (Å²) in [6.45, 7) is 5.42. The number of nitrogens with zero attached hydrogens (tertiary/aromatic N) is 2. The first kappa shape index (κ1) is 27.8. The molecule has 5 amide bonds. The zero-order valence-corrected chi connectivity index (χ0v) is 22.1. The van der Waals surface area contributed by atoms with Crippen LogP contribution in [-0.4, -0.2) is 64.1 Å². The number of hydrogen-bond donors (Lipinski definition) is 2. The fraction of sp³-hybridized carbons (Fsp3) is 0.333. The van der Waals surface area contributed by atoms with Crippen LogP contribution in [0.5, 0.6) is 0 Å². The molecule has 1 aliphatic carbocycles. The number of allylic oxidation sites excluding steroid dienone is 4. The fourth-order valence-electron chi connectivity index (χ4n) is 4.77. The minimum atomic E-state index is -1.19. The van der Waals surface area contributed by atoms with Crippen molar-refractivity contribution >= 4 is 59.6 Å². The predicted octanol–water partition coefficient (Wildman–Crippen LogP) is 2.90. The van der Waals surface area contributed by atoms with E-state index in [1.54, 1.807) is 24.3 Å². The summed E-state index contributed by atoms with van der Waals surface area (Å²) in [7, 11) is 0. The number of carbonyl (C=O) groups is 6. The van der Waals surface area contributed by atoms with E-state index >= 15 is 0 Å². The van der Waals surface area contributed by atoms with Crippen LogP contribution >= 0.6 is 12.6 Å². The molecule has 0 saturated carbocycles. The third-order valence-corrected chi connectivity index (χ3v) is 7.00. The van der Waals surface area contributed by atoms with Crippen LogP contribution in [0.15, 0.2) is 48.6 Å². The van der Waals surface area contributed by atoms with Crippen molar-refractivity contribution in [3.8, 4) is 0 Å². The molecule has 1 N–H and O–H groups in total. The van der Waals surface area contributed by atoms with Crippen molar-refractivity contribution in [1.29, 1.82) is 0 Å². The summed E-state index contributed by atoms with van der Waals surface area (Å²) in [5.74, 6) is -2.84. The molecule has 2 heterocycles. The van der Waals surface area contributed by atoms with E-state index in [0.717, 1.165) is 27.2 Å². The van der Waals surface area contributed by atoms with Crippen LogP contribution in [-0.2, 0) is 33.5 Å². The smallest absolute Gasteiger partial charge is 0.432 e. The molecule has 0 spiro atoms. The van der Waals surface area contributed by atoms with Crippen molar-refractivity contribution in [2.75, 3.05) is 18.5 Å². The number of hydroxylamine groups is 2. The highest BCUT2D eigenvalue weighted by Crippen LogP contribution is 2.46. The van der Waals surface area contributed by atoms with Crippen LogP contribution in [0.4, 0.5) is 10.5 Å². The van der Waals surface area contributed by atoms with Crippen molar-refractivity contribution in [2.45, 2.75) is 43.8 Å². The highest BCUT2D eigenvalue weighted by molar-refractivity contribution is 7.81. The molecule has 12 heteroatoms. The zero-order valence-electron chi connectivity index (χ0n) is 21.2. The van der Waals surface area contributed by atoms with Gasteiger partial charge in [0, 0.05) is 43.8 Å². The summed E-state index contributed by atoms with van der Waals surface area (Å²) < 4.78 is 5.28. The first-order chi connectivity index (χ1) is 18.6.